The zero-order valence-corrected chi connectivity index (χ0v) is 17.9. The van der Waals surface area contributed by atoms with Gasteiger partial charge in [0, 0.05) is 12.1 Å². The zero-order chi connectivity index (χ0) is 23.1. The molecule has 1 N–H and O–H groups in total. The number of methoxy groups -OCH3 is 1. The summed E-state index contributed by atoms with van der Waals surface area (Å²) in [6, 6.07) is 7.04. The third-order valence-electron chi connectivity index (χ3n) is 5.74. The van der Waals surface area contributed by atoms with Crippen molar-refractivity contribution in [3.63, 3.8) is 0 Å². The number of carbonyl (C=O) groups excluding carboxylic acids is 1. The second-order valence-corrected chi connectivity index (χ2v) is 8.10. The molecule has 2 heterocycles. The summed E-state index contributed by atoms with van der Waals surface area (Å²) in [4.78, 5) is 12.7. The predicted molar refractivity (Wildman–Crippen MR) is 107 cm³/mol. The fourth-order valence-electron chi connectivity index (χ4n) is 4.01. The minimum atomic E-state index is -4.65. The van der Waals surface area contributed by atoms with Crippen molar-refractivity contribution in [2.75, 3.05) is 7.11 Å². The standard InChI is InChI=1S/C22H24F3N3O3/c1-12-6-7-14(10-15(12)11-29)17(21(3,4)20(30)31-5)16-8-9-28-18(13(16)2)26-27-19(28)22(23,24)25/h6-10,17,29H,11H2,1-5H3/t17-/m0/s1. The first-order valence-electron chi connectivity index (χ1n) is 9.63. The van der Waals surface area contributed by atoms with Crippen LogP contribution in [0.2, 0.25) is 0 Å². The van der Waals surface area contributed by atoms with Crippen molar-refractivity contribution in [1.82, 2.24) is 14.6 Å². The number of aryl methyl sites for hydroxylation is 2. The molecule has 2 aromatic heterocycles. The second kappa shape index (κ2) is 7.96. The number of aliphatic hydroxyl groups is 1. The van der Waals surface area contributed by atoms with Gasteiger partial charge in [0.05, 0.1) is 19.1 Å². The van der Waals surface area contributed by atoms with Crippen molar-refractivity contribution >= 4 is 11.6 Å². The lowest BCUT2D eigenvalue weighted by Crippen LogP contribution is -2.34. The Bertz CT molecular complexity index is 1140. The summed E-state index contributed by atoms with van der Waals surface area (Å²) in [5, 5.41) is 16.8. The largest absolute Gasteiger partial charge is 0.469 e. The Labute approximate surface area is 177 Å². The van der Waals surface area contributed by atoms with E-state index in [0.29, 0.717) is 16.7 Å². The molecule has 0 aliphatic carbocycles. The Balaban J connectivity index is 2.29. The molecule has 166 valence electrons. The molecule has 0 amide bonds. The fourth-order valence-corrected chi connectivity index (χ4v) is 4.01. The maximum atomic E-state index is 13.3. The third kappa shape index (κ3) is 3.89. The maximum Gasteiger partial charge on any atom is 0.452 e. The molecular weight excluding hydrogens is 411 g/mol. The number of hydrogen-bond acceptors (Lipinski definition) is 5. The lowest BCUT2D eigenvalue weighted by Gasteiger charge is -2.34. The molecule has 1 atom stereocenters. The van der Waals surface area contributed by atoms with Gasteiger partial charge in [-0.25, -0.2) is 0 Å². The molecule has 0 aliphatic rings. The van der Waals surface area contributed by atoms with Crippen LogP contribution in [0.1, 0.15) is 53.4 Å². The van der Waals surface area contributed by atoms with Crippen LogP contribution in [0, 0.1) is 19.3 Å². The molecule has 9 heteroatoms. The summed E-state index contributed by atoms with van der Waals surface area (Å²) in [6.45, 7) is 6.78. The molecule has 0 bridgehead atoms. The highest BCUT2D eigenvalue weighted by molar-refractivity contribution is 5.78. The topological polar surface area (TPSA) is 76.7 Å². The van der Waals surface area contributed by atoms with Crippen LogP contribution in [0.25, 0.3) is 5.65 Å². The number of nitrogens with zero attached hydrogens (tertiary/aromatic N) is 3. The van der Waals surface area contributed by atoms with E-state index in [-0.39, 0.29) is 12.3 Å². The molecule has 31 heavy (non-hydrogen) atoms. The molecule has 3 rings (SSSR count). The number of benzene rings is 1. The van der Waals surface area contributed by atoms with E-state index < -0.39 is 29.3 Å². The first-order chi connectivity index (χ1) is 14.4. The summed E-state index contributed by atoms with van der Waals surface area (Å²) in [5.41, 5.74) is 2.41. The molecule has 3 aromatic rings. The Morgan fingerprint density at radius 2 is 1.87 bits per heavy atom. The number of aliphatic hydroxyl groups excluding tert-OH is 1. The predicted octanol–water partition coefficient (Wildman–Crippen LogP) is 4.19. The van der Waals surface area contributed by atoms with Crippen LogP contribution in [0.5, 0.6) is 0 Å². The van der Waals surface area contributed by atoms with Crippen LogP contribution in [-0.4, -0.2) is 32.8 Å². The van der Waals surface area contributed by atoms with Crippen LogP contribution in [-0.2, 0) is 22.3 Å². The van der Waals surface area contributed by atoms with Crippen LogP contribution < -0.4 is 0 Å². The number of pyridine rings is 1. The summed E-state index contributed by atoms with van der Waals surface area (Å²) < 4.78 is 45.7. The van der Waals surface area contributed by atoms with Crippen molar-refractivity contribution in [2.45, 2.75) is 46.4 Å². The maximum absolute atomic E-state index is 13.3. The first kappa shape index (κ1) is 22.7. The van der Waals surface area contributed by atoms with Gasteiger partial charge in [-0.1, -0.05) is 18.2 Å². The van der Waals surface area contributed by atoms with E-state index in [0.717, 1.165) is 15.5 Å². The van der Waals surface area contributed by atoms with Gasteiger partial charge in [-0.05, 0) is 61.6 Å². The van der Waals surface area contributed by atoms with Crippen molar-refractivity contribution in [3.8, 4) is 0 Å². The number of aromatic nitrogens is 3. The van der Waals surface area contributed by atoms with Crippen molar-refractivity contribution in [1.29, 1.82) is 0 Å². The van der Waals surface area contributed by atoms with E-state index in [2.05, 4.69) is 10.2 Å². The van der Waals surface area contributed by atoms with Gasteiger partial charge in [-0.2, -0.15) is 13.2 Å². The van der Waals surface area contributed by atoms with E-state index in [1.807, 2.05) is 19.1 Å². The average Bonchev–Trinajstić information content (AvgIpc) is 3.15. The molecule has 1 aromatic carbocycles. The summed E-state index contributed by atoms with van der Waals surface area (Å²) in [5.74, 6) is -2.15. The molecule has 0 spiro atoms. The first-order valence-corrected chi connectivity index (χ1v) is 9.63. The lowest BCUT2D eigenvalue weighted by atomic mass is 9.70. The fraction of sp³-hybridized carbons (Fsp3) is 0.409. The third-order valence-corrected chi connectivity index (χ3v) is 5.74. The van der Waals surface area contributed by atoms with Crippen LogP contribution in [0.15, 0.2) is 30.5 Å². The quantitative estimate of drug-likeness (QED) is 0.609. The van der Waals surface area contributed by atoms with Gasteiger partial charge in [-0.15, -0.1) is 10.2 Å². The smallest absolute Gasteiger partial charge is 0.452 e. The van der Waals surface area contributed by atoms with Gasteiger partial charge in [0.15, 0.2) is 5.65 Å². The van der Waals surface area contributed by atoms with Gasteiger partial charge in [0.25, 0.3) is 0 Å². The van der Waals surface area contributed by atoms with Crippen molar-refractivity contribution in [2.24, 2.45) is 5.41 Å². The summed E-state index contributed by atoms with van der Waals surface area (Å²) >= 11 is 0. The Morgan fingerprint density at radius 1 is 1.19 bits per heavy atom. The van der Waals surface area contributed by atoms with E-state index in [4.69, 9.17) is 4.74 Å². The van der Waals surface area contributed by atoms with E-state index in [9.17, 15) is 23.1 Å². The van der Waals surface area contributed by atoms with Crippen LogP contribution in [0.4, 0.5) is 13.2 Å². The molecule has 0 aliphatic heterocycles. The monoisotopic (exact) mass is 435 g/mol. The Kier molecular flexibility index (Phi) is 5.84. The minimum absolute atomic E-state index is 0.0602. The van der Waals surface area contributed by atoms with Gasteiger partial charge in [-0.3, -0.25) is 9.20 Å². The number of alkyl halides is 3. The van der Waals surface area contributed by atoms with Gasteiger partial charge >= 0.3 is 12.1 Å². The molecule has 0 saturated carbocycles. The SMILES string of the molecule is COC(=O)C(C)(C)[C@@H](c1ccc(C)c(CO)c1)c1ccn2c(C(F)(F)F)nnc2c1C. The van der Waals surface area contributed by atoms with Crippen molar-refractivity contribution < 1.29 is 27.8 Å². The highest BCUT2D eigenvalue weighted by Crippen LogP contribution is 2.44. The zero-order valence-electron chi connectivity index (χ0n) is 17.9. The van der Waals surface area contributed by atoms with E-state index in [1.54, 1.807) is 32.9 Å². The molecule has 0 fully saturated rings. The average molecular weight is 435 g/mol. The lowest BCUT2D eigenvalue weighted by molar-refractivity contribution is -0.151. The van der Waals surface area contributed by atoms with E-state index >= 15 is 0 Å². The van der Waals surface area contributed by atoms with Crippen LogP contribution >= 0.6 is 0 Å². The summed E-state index contributed by atoms with van der Waals surface area (Å²) in [7, 11) is 1.29. The number of ether oxygens (including phenoxy) is 1. The van der Waals surface area contributed by atoms with Gasteiger partial charge in [0.1, 0.15) is 0 Å². The molecule has 0 unspecified atom stereocenters. The summed E-state index contributed by atoms with van der Waals surface area (Å²) in [6.07, 6.45) is -3.38. The van der Waals surface area contributed by atoms with Crippen LogP contribution in [0.3, 0.4) is 0 Å². The Hall–Kier alpha value is -2.94. The number of halogens is 3. The van der Waals surface area contributed by atoms with E-state index in [1.165, 1.54) is 13.3 Å². The van der Waals surface area contributed by atoms with Gasteiger partial charge in [0.2, 0.25) is 5.82 Å². The van der Waals surface area contributed by atoms with Gasteiger partial charge < -0.3 is 9.84 Å². The number of carbonyl (C=O) groups is 1. The molecular formula is C22H24F3N3O3. The second-order valence-electron chi connectivity index (χ2n) is 8.10. The number of esters is 1. The number of fused-ring (bicyclic) bond motifs is 1. The highest BCUT2D eigenvalue weighted by Gasteiger charge is 2.42. The minimum Gasteiger partial charge on any atom is -0.469 e. The molecule has 6 nitrogen and oxygen atoms in total. The van der Waals surface area contributed by atoms with Crippen molar-refractivity contribution in [3.05, 3.63) is 64.1 Å². The normalized spacial score (nSPS) is 13.5. The highest BCUT2D eigenvalue weighted by atomic mass is 19.4. The number of hydrogen-bond donors (Lipinski definition) is 1. The molecule has 0 radical (unpaired) electrons. The Morgan fingerprint density at radius 3 is 2.45 bits per heavy atom. The number of rotatable bonds is 5. The molecule has 0 saturated heterocycles.